The molecule has 1 aromatic rings. The first-order chi connectivity index (χ1) is 13.9. The quantitative estimate of drug-likeness (QED) is 0.354. The number of esters is 1. The summed E-state index contributed by atoms with van der Waals surface area (Å²) in [5, 5.41) is 21.7. The Bertz CT molecular complexity index is 590. The highest BCUT2D eigenvalue weighted by atomic mass is 32.2. The van der Waals surface area contributed by atoms with Crippen molar-refractivity contribution in [2.75, 3.05) is 12.4 Å². The molecule has 2 N–H and O–H groups in total. The van der Waals surface area contributed by atoms with Crippen molar-refractivity contribution in [3.63, 3.8) is 0 Å². The number of unbranched alkanes of at least 4 members (excludes halogenated alkanes) is 3. The van der Waals surface area contributed by atoms with Gasteiger partial charge in [-0.15, -0.1) is 0 Å². The van der Waals surface area contributed by atoms with Gasteiger partial charge in [-0.2, -0.15) is 11.8 Å². The average Bonchev–Trinajstić information content (AvgIpc) is 3.03. The fourth-order valence-corrected chi connectivity index (χ4v) is 5.75. The number of hydrogen-bond acceptors (Lipinski definition) is 5. The molecule has 164 valence electrons. The van der Waals surface area contributed by atoms with E-state index in [2.05, 4.69) is 12.1 Å². The number of carbonyl (C=O) groups excluding carboxylic acids is 1. The molecule has 1 fully saturated rings. The lowest BCUT2D eigenvalue weighted by Gasteiger charge is -2.27. The third-order valence-electron chi connectivity index (χ3n) is 5.73. The van der Waals surface area contributed by atoms with Gasteiger partial charge < -0.3 is 14.9 Å². The summed E-state index contributed by atoms with van der Waals surface area (Å²) >= 11 is 1.83. The molecule has 0 spiro atoms. The SMILES string of the molecule is CCOC(=O)CCCCCCC1C(O)CCC1SCC(C)(O)Cc1ccccc1. The molecule has 2 rings (SSSR count). The standard InChI is InChI=1S/C24H38O4S/c1-3-28-23(26)14-10-5-4-9-13-20-21(25)15-16-22(20)29-18-24(2,27)17-19-11-7-6-8-12-19/h6-8,11-12,20-22,25,27H,3-5,9-10,13-18H2,1-2H3. The second-order valence-corrected chi connectivity index (χ2v) is 9.80. The predicted octanol–water partition coefficient (Wildman–Crippen LogP) is 4.76. The number of ether oxygens (including phenoxy) is 1. The van der Waals surface area contributed by atoms with E-state index in [1.54, 1.807) is 0 Å². The van der Waals surface area contributed by atoms with Crippen LogP contribution in [0.25, 0.3) is 0 Å². The molecule has 0 saturated heterocycles. The summed E-state index contributed by atoms with van der Waals surface area (Å²) < 4.78 is 4.95. The minimum Gasteiger partial charge on any atom is -0.466 e. The van der Waals surface area contributed by atoms with Crippen molar-refractivity contribution >= 4 is 17.7 Å². The van der Waals surface area contributed by atoms with Gasteiger partial charge in [0.05, 0.1) is 18.3 Å². The fourth-order valence-electron chi connectivity index (χ4n) is 4.21. The Kier molecular flexibility index (Phi) is 10.5. The zero-order valence-corrected chi connectivity index (χ0v) is 18.8. The second kappa shape index (κ2) is 12.6. The highest BCUT2D eigenvalue weighted by Crippen LogP contribution is 2.39. The van der Waals surface area contributed by atoms with Crippen molar-refractivity contribution in [2.45, 2.75) is 88.6 Å². The second-order valence-electron chi connectivity index (χ2n) is 8.58. The van der Waals surface area contributed by atoms with Crippen molar-refractivity contribution in [1.29, 1.82) is 0 Å². The van der Waals surface area contributed by atoms with Crippen LogP contribution in [-0.2, 0) is 16.0 Å². The van der Waals surface area contributed by atoms with E-state index in [1.165, 1.54) is 0 Å². The van der Waals surface area contributed by atoms with Crippen LogP contribution in [0.3, 0.4) is 0 Å². The van der Waals surface area contributed by atoms with Gasteiger partial charge >= 0.3 is 5.97 Å². The summed E-state index contributed by atoms with van der Waals surface area (Å²) in [4.78, 5) is 11.4. The molecule has 4 nitrogen and oxygen atoms in total. The lowest BCUT2D eigenvalue weighted by atomic mass is 9.97. The summed E-state index contributed by atoms with van der Waals surface area (Å²) in [6.07, 6.45) is 7.96. The topological polar surface area (TPSA) is 66.8 Å². The summed E-state index contributed by atoms with van der Waals surface area (Å²) in [5.74, 6) is 0.908. The molecule has 0 bridgehead atoms. The monoisotopic (exact) mass is 422 g/mol. The first-order valence-corrected chi connectivity index (χ1v) is 12.2. The zero-order valence-electron chi connectivity index (χ0n) is 18.0. The van der Waals surface area contributed by atoms with E-state index < -0.39 is 5.60 Å². The van der Waals surface area contributed by atoms with E-state index in [-0.39, 0.29) is 12.1 Å². The van der Waals surface area contributed by atoms with Gasteiger partial charge in [0.15, 0.2) is 0 Å². The maximum Gasteiger partial charge on any atom is 0.305 e. The van der Waals surface area contributed by atoms with Gasteiger partial charge in [-0.25, -0.2) is 0 Å². The van der Waals surface area contributed by atoms with Crippen LogP contribution >= 0.6 is 11.8 Å². The van der Waals surface area contributed by atoms with Crippen molar-refractivity contribution in [2.24, 2.45) is 5.92 Å². The van der Waals surface area contributed by atoms with Crippen LogP contribution in [0, 0.1) is 5.92 Å². The Labute approximate surface area is 180 Å². The van der Waals surface area contributed by atoms with Crippen LogP contribution in [-0.4, -0.2) is 45.5 Å². The van der Waals surface area contributed by atoms with Crippen LogP contribution in [0.1, 0.15) is 70.8 Å². The lowest BCUT2D eigenvalue weighted by Crippen LogP contribution is -2.32. The zero-order chi connectivity index (χ0) is 21.1. The van der Waals surface area contributed by atoms with E-state index in [0.717, 1.165) is 50.5 Å². The fraction of sp³-hybridized carbons (Fsp3) is 0.708. The number of aliphatic hydroxyl groups is 2. The number of aliphatic hydroxyl groups excluding tert-OH is 1. The number of benzene rings is 1. The first kappa shape index (κ1) is 24.2. The Morgan fingerprint density at radius 2 is 1.90 bits per heavy atom. The van der Waals surface area contributed by atoms with Crippen LogP contribution < -0.4 is 0 Å². The van der Waals surface area contributed by atoms with Crippen molar-refractivity contribution < 1.29 is 19.7 Å². The highest BCUT2D eigenvalue weighted by Gasteiger charge is 2.36. The minimum absolute atomic E-state index is 0.0993. The van der Waals surface area contributed by atoms with Gasteiger partial charge in [-0.3, -0.25) is 4.79 Å². The van der Waals surface area contributed by atoms with Crippen LogP contribution in [0.15, 0.2) is 30.3 Å². The Balaban J connectivity index is 1.68. The molecule has 1 aliphatic carbocycles. The maximum atomic E-state index is 11.4. The lowest BCUT2D eigenvalue weighted by molar-refractivity contribution is -0.143. The highest BCUT2D eigenvalue weighted by molar-refractivity contribution is 8.00. The van der Waals surface area contributed by atoms with Gasteiger partial charge in [0, 0.05) is 23.8 Å². The third-order valence-corrected chi connectivity index (χ3v) is 7.53. The first-order valence-electron chi connectivity index (χ1n) is 11.1. The normalized spacial score (nSPS) is 23.7. The molecule has 4 unspecified atom stereocenters. The molecule has 0 radical (unpaired) electrons. The predicted molar refractivity (Wildman–Crippen MR) is 120 cm³/mol. The van der Waals surface area contributed by atoms with Crippen molar-refractivity contribution in [3.05, 3.63) is 35.9 Å². The molecule has 5 heteroatoms. The molecule has 0 aromatic heterocycles. The van der Waals surface area contributed by atoms with E-state index in [1.807, 2.05) is 43.8 Å². The summed E-state index contributed by atoms with van der Waals surface area (Å²) in [6, 6.07) is 10.1. The van der Waals surface area contributed by atoms with E-state index >= 15 is 0 Å². The smallest absolute Gasteiger partial charge is 0.305 e. The molecule has 29 heavy (non-hydrogen) atoms. The number of thioether (sulfide) groups is 1. The van der Waals surface area contributed by atoms with Crippen LogP contribution in [0.4, 0.5) is 0 Å². The average molecular weight is 423 g/mol. The number of rotatable bonds is 13. The third kappa shape index (κ3) is 9.10. The Hall–Kier alpha value is -1.04. The van der Waals surface area contributed by atoms with Gasteiger partial charge in [0.2, 0.25) is 0 Å². The Morgan fingerprint density at radius 3 is 2.62 bits per heavy atom. The Morgan fingerprint density at radius 1 is 1.17 bits per heavy atom. The minimum atomic E-state index is -0.739. The van der Waals surface area contributed by atoms with E-state index in [4.69, 9.17) is 4.74 Å². The van der Waals surface area contributed by atoms with Gasteiger partial charge in [0.25, 0.3) is 0 Å². The van der Waals surface area contributed by atoms with E-state index in [9.17, 15) is 15.0 Å². The van der Waals surface area contributed by atoms with E-state index in [0.29, 0.717) is 36.4 Å². The molecular weight excluding hydrogens is 384 g/mol. The number of carbonyl (C=O) groups is 1. The van der Waals surface area contributed by atoms with Gasteiger partial charge in [0.1, 0.15) is 0 Å². The molecule has 0 amide bonds. The van der Waals surface area contributed by atoms with Gasteiger partial charge in [-0.1, -0.05) is 49.6 Å². The van der Waals surface area contributed by atoms with Crippen LogP contribution in [0.2, 0.25) is 0 Å². The molecule has 1 aliphatic rings. The van der Waals surface area contributed by atoms with Crippen molar-refractivity contribution in [3.8, 4) is 0 Å². The summed E-state index contributed by atoms with van der Waals surface area (Å²) in [6.45, 7) is 4.20. The summed E-state index contributed by atoms with van der Waals surface area (Å²) in [7, 11) is 0. The van der Waals surface area contributed by atoms with Crippen molar-refractivity contribution in [1.82, 2.24) is 0 Å². The molecule has 1 aromatic carbocycles. The van der Waals surface area contributed by atoms with Gasteiger partial charge in [-0.05, 0) is 51.0 Å². The van der Waals surface area contributed by atoms with Crippen LogP contribution in [0.5, 0.6) is 0 Å². The number of hydrogen-bond donors (Lipinski definition) is 2. The molecule has 1 saturated carbocycles. The maximum absolute atomic E-state index is 11.4. The largest absolute Gasteiger partial charge is 0.466 e. The molecule has 0 aliphatic heterocycles. The summed E-state index contributed by atoms with van der Waals surface area (Å²) in [5.41, 5.74) is 0.418. The molecular formula is C24H38O4S. The molecule has 0 heterocycles. The molecule has 4 atom stereocenters.